The van der Waals surface area contributed by atoms with Gasteiger partial charge in [0.1, 0.15) is 6.04 Å². The smallest absolute Gasteiger partial charge is 0.335 e. The fourth-order valence-electron chi connectivity index (χ4n) is 2.09. The maximum atomic E-state index is 13.7. The maximum Gasteiger partial charge on any atom is 0.335 e. The predicted octanol–water partition coefficient (Wildman–Crippen LogP) is 3.13. The lowest BCUT2D eigenvalue weighted by molar-refractivity contribution is -0.133. The van der Waals surface area contributed by atoms with Gasteiger partial charge in [-0.25, -0.2) is 18.6 Å². The van der Waals surface area contributed by atoms with Crippen LogP contribution in [0, 0.1) is 11.6 Å². The Labute approximate surface area is 138 Å². The Morgan fingerprint density at radius 2 is 2.17 bits per heavy atom. The SMILES string of the molecule is O=C(O)C1=CNC(c2nccs2)=NC1c1ccc(F)c(F)c1Cl. The van der Waals surface area contributed by atoms with Gasteiger partial charge in [-0.2, -0.15) is 0 Å². The number of benzene rings is 1. The van der Waals surface area contributed by atoms with E-state index < -0.39 is 28.7 Å². The highest BCUT2D eigenvalue weighted by atomic mass is 35.5. The van der Waals surface area contributed by atoms with Crippen molar-refractivity contribution in [3.8, 4) is 0 Å². The molecule has 118 valence electrons. The minimum atomic E-state index is -1.25. The van der Waals surface area contributed by atoms with Crippen molar-refractivity contribution >= 4 is 34.7 Å². The first-order valence-corrected chi connectivity index (χ1v) is 7.55. The van der Waals surface area contributed by atoms with Gasteiger partial charge in [-0.1, -0.05) is 17.7 Å². The van der Waals surface area contributed by atoms with Crippen molar-refractivity contribution in [3.05, 3.63) is 62.7 Å². The Bertz CT molecular complexity index is 837. The fourth-order valence-corrected chi connectivity index (χ4v) is 2.94. The van der Waals surface area contributed by atoms with Crippen LogP contribution in [0.3, 0.4) is 0 Å². The molecule has 9 heteroatoms. The molecule has 0 amide bonds. The minimum Gasteiger partial charge on any atom is -0.478 e. The van der Waals surface area contributed by atoms with Crippen molar-refractivity contribution in [2.75, 3.05) is 0 Å². The number of thiazole rings is 1. The standard InChI is InChI=1S/C14H8ClF2N3O2S/c15-9-6(1-2-8(16)10(9)17)11-7(14(21)22)5-19-12(20-11)13-18-3-4-23-13/h1-5,11H,(H,19,20)(H,21,22). The lowest BCUT2D eigenvalue weighted by atomic mass is 9.98. The van der Waals surface area contributed by atoms with Crippen molar-refractivity contribution in [1.29, 1.82) is 0 Å². The molecule has 0 fully saturated rings. The highest BCUT2D eigenvalue weighted by Crippen LogP contribution is 2.35. The van der Waals surface area contributed by atoms with Gasteiger partial charge in [-0.15, -0.1) is 11.3 Å². The van der Waals surface area contributed by atoms with Crippen molar-refractivity contribution in [2.45, 2.75) is 6.04 Å². The molecule has 2 N–H and O–H groups in total. The lowest BCUT2D eigenvalue weighted by Crippen LogP contribution is -2.28. The third-order valence-corrected chi connectivity index (χ3v) is 4.32. The van der Waals surface area contributed by atoms with E-state index in [2.05, 4.69) is 15.3 Å². The number of hydrogen-bond acceptors (Lipinski definition) is 5. The van der Waals surface area contributed by atoms with E-state index in [1.54, 1.807) is 11.6 Å². The summed E-state index contributed by atoms with van der Waals surface area (Å²) in [5, 5.41) is 13.8. The van der Waals surface area contributed by atoms with Crippen LogP contribution in [0.4, 0.5) is 8.78 Å². The fraction of sp³-hybridized carbons (Fsp3) is 0.0714. The molecule has 2 aromatic rings. The van der Waals surface area contributed by atoms with E-state index in [9.17, 15) is 18.7 Å². The summed E-state index contributed by atoms with van der Waals surface area (Å²) in [6.07, 6.45) is 2.81. The highest BCUT2D eigenvalue weighted by Gasteiger charge is 2.30. The number of nitrogens with zero attached hydrogens (tertiary/aromatic N) is 2. The van der Waals surface area contributed by atoms with E-state index in [0.717, 1.165) is 6.07 Å². The van der Waals surface area contributed by atoms with E-state index in [-0.39, 0.29) is 11.1 Å². The second-order valence-electron chi connectivity index (χ2n) is 4.53. The summed E-state index contributed by atoms with van der Waals surface area (Å²) in [4.78, 5) is 19.7. The van der Waals surface area contributed by atoms with Gasteiger partial charge in [0.2, 0.25) is 0 Å². The average molecular weight is 356 g/mol. The second-order valence-corrected chi connectivity index (χ2v) is 5.80. The molecule has 3 rings (SSSR count). The zero-order chi connectivity index (χ0) is 16.6. The Morgan fingerprint density at radius 3 is 2.83 bits per heavy atom. The average Bonchev–Trinajstić information content (AvgIpc) is 3.06. The Balaban J connectivity index is 2.11. The zero-order valence-electron chi connectivity index (χ0n) is 11.3. The number of aromatic nitrogens is 1. The number of carboxylic acid groups (broad SMARTS) is 1. The van der Waals surface area contributed by atoms with Crippen LogP contribution in [0.1, 0.15) is 16.6 Å². The summed E-state index contributed by atoms with van der Waals surface area (Å²) in [6, 6.07) is 1.03. The Hall–Kier alpha value is -2.32. The molecular formula is C14H8ClF2N3O2S. The molecule has 1 aliphatic heterocycles. The van der Waals surface area contributed by atoms with Gasteiger partial charge < -0.3 is 10.4 Å². The summed E-state index contributed by atoms with van der Waals surface area (Å²) < 4.78 is 26.9. The number of halogens is 3. The van der Waals surface area contributed by atoms with Crippen LogP contribution in [0.5, 0.6) is 0 Å². The number of rotatable bonds is 3. The first kappa shape index (κ1) is 15.6. The molecule has 1 atom stereocenters. The normalized spacial score (nSPS) is 17.3. The van der Waals surface area contributed by atoms with Crippen LogP contribution in [0.2, 0.25) is 5.02 Å². The summed E-state index contributed by atoms with van der Waals surface area (Å²) in [5.41, 5.74) is -0.0759. The molecule has 0 radical (unpaired) electrons. The molecule has 0 saturated carbocycles. The molecule has 2 heterocycles. The van der Waals surface area contributed by atoms with Crippen molar-refractivity contribution < 1.29 is 18.7 Å². The molecule has 5 nitrogen and oxygen atoms in total. The molecule has 0 aliphatic carbocycles. The predicted molar refractivity (Wildman–Crippen MR) is 81.6 cm³/mol. The first-order valence-electron chi connectivity index (χ1n) is 6.30. The summed E-state index contributed by atoms with van der Waals surface area (Å²) in [7, 11) is 0. The van der Waals surface area contributed by atoms with Crippen LogP contribution >= 0.6 is 22.9 Å². The van der Waals surface area contributed by atoms with Crippen molar-refractivity contribution in [3.63, 3.8) is 0 Å². The van der Waals surface area contributed by atoms with Crippen LogP contribution in [-0.4, -0.2) is 21.9 Å². The molecule has 23 heavy (non-hydrogen) atoms. The van der Waals surface area contributed by atoms with Gasteiger partial charge >= 0.3 is 5.97 Å². The van der Waals surface area contributed by atoms with Gasteiger partial charge in [0.05, 0.1) is 10.6 Å². The molecule has 1 aromatic heterocycles. The zero-order valence-corrected chi connectivity index (χ0v) is 12.8. The van der Waals surface area contributed by atoms with E-state index in [4.69, 9.17) is 11.6 Å². The minimum absolute atomic E-state index is 0.0646. The van der Waals surface area contributed by atoms with Crippen LogP contribution in [0.15, 0.2) is 40.5 Å². The molecule has 0 spiro atoms. The molecule has 0 saturated heterocycles. The van der Waals surface area contributed by atoms with E-state index in [0.29, 0.717) is 10.8 Å². The van der Waals surface area contributed by atoms with Crippen LogP contribution in [0.25, 0.3) is 0 Å². The van der Waals surface area contributed by atoms with Crippen molar-refractivity contribution in [2.24, 2.45) is 4.99 Å². The van der Waals surface area contributed by atoms with Gasteiger partial charge in [-0.3, -0.25) is 4.99 Å². The van der Waals surface area contributed by atoms with Crippen molar-refractivity contribution in [1.82, 2.24) is 10.3 Å². The number of hydrogen-bond donors (Lipinski definition) is 2. The number of nitrogens with one attached hydrogen (secondary N) is 1. The molecule has 1 unspecified atom stereocenters. The lowest BCUT2D eigenvalue weighted by Gasteiger charge is -2.21. The first-order chi connectivity index (χ1) is 11.0. The topological polar surface area (TPSA) is 74.6 Å². The largest absolute Gasteiger partial charge is 0.478 e. The molecule has 1 aliphatic rings. The van der Waals surface area contributed by atoms with Gasteiger partial charge in [0.25, 0.3) is 0 Å². The summed E-state index contributed by atoms with van der Waals surface area (Å²) in [5.74, 6) is -3.27. The van der Waals surface area contributed by atoms with E-state index >= 15 is 0 Å². The number of amidine groups is 1. The van der Waals surface area contributed by atoms with Crippen LogP contribution in [-0.2, 0) is 4.79 Å². The third-order valence-electron chi connectivity index (χ3n) is 3.16. The van der Waals surface area contributed by atoms with Gasteiger partial charge in [-0.05, 0) is 6.07 Å². The molecule has 0 bridgehead atoms. The maximum absolute atomic E-state index is 13.7. The van der Waals surface area contributed by atoms with Crippen LogP contribution < -0.4 is 5.32 Å². The third kappa shape index (κ3) is 2.82. The monoisotopic (exact) mass is 355 g/mol. The summed E-state index contributed by atoms with van der Waals surface area (Å²) in [6.45, 7) is 0. The number of aliphatic carboxylic acids is 1. The Kier molecular flexibility index (Phi) is 4.10. The molecular weight excluding hydrogens is 348 g/mol. The summed E-state index contributed by atoms with van der Waals surface area (Å²) >= 11 is 7.13. The second kappa shape index (κ2) is 6.05. The number of aliphatic imine (C=N–C) groups is 1. The Morgan fingerprint density at radius 1 is 1.39 bits per heavy atom. The highest BCUT2D eigenvalue weighted by molar-refractivity contribution is 7.11. The van der Waals surface area contributed by atoms with Gasteiger partial charge in [0.15, 0.2) is 22.5 Å². The quantitative estimate of drug-likeness (QED) is 0.829. The molecule has 1 aromatic carbocycles. The van der Waals surface area contributed by atoms with Gasteiger partial charge in [0, 0.05) is 23.3 Å². The number of carbonyl (C=O) groups is 1. The van der Waals surface area contributed by atoms with E-state index in [1.165, 1.54) is 23.6 Å². The van der Waals surface area contributed by atoms with E-state index in [1.807, 2.05) is 0 Å². The number of carboxylic acids is 1.